The van der Waals surface area contributed by atoms with Crippen molar-refractivity contribution in [3.05, 3.63) is 46.0 Å². The normalized spacial score (nSPS) is 19.0. The lowest BCUT2D eigenvalue weighted by Crippen LogP contribution is -2.63. The van der Waals surface area contributed by atoms with Gasteiger partial charge in [0.05, 0.1) is 10.6 Å². The van der Waals surface area contributed by atoms with Crippen molar-refractivity contribution in [2.45, 2.75) is 39.5 Å². The minimum absolute atomic E-state index is 0.0183. The fraction of sp³-hybridized carbons (Fsp3) is 0.560. The SMILES string of the molecule is CCN(C)C(=O)c1cc(CC2CC3(C2)CN(CC(C)C/C(C=N)=C/C(=O)NPI)C3)ccc1Cl. The summed E-state index contributed by atoms with van der Waals surface area (Å²) < 4.78 is 0. The molecule has 1 aliphatic heterocycles. The summed E-state index contributed by atoms with van der Waals surface area (Å²) in [6.45, 7) is 8.09. The Morgan fingerprint density at radius 3 is 2.74 bits per heavy atom. The van der Waals surface area contributed by atoms with Gasteiger partial charge in [0.25, 0.3) is 5.91 Å². The van der Waals surface area contributed by atoms with Gasteiger partial charge >= 0.3 is 0 Å². The number of nitrogens with zero attached hydrogens (tertiary/aromatic N) is 2. The standard InChI is InChI=1S/C25H35ClIN4O2P/c1-4-30(3)24(33)21-9-18(5-6-22(21)26)8-20-11-25(12-20)15-31(16-25)14-17(2)7-19(13-28)10-23(32)29-34-27/h5-6,9-10,13,17,20,28,34H,4,7-8,11-12,14-16H2,1-3H3,(H,29,32)/b19-10-,28-13?. The molecule has 186 valence electrons. The zero-order chi connectivity index (χ0) is 24.9. The maximum absolute atomic E-state index is 12.6. The number of benzene rings is 1. The maximum Gasteiger partial charge on any atom is 0.255 e. The van der Waals surface area contributed by atoms with Crippen LogP contribution in [-0.2, 0) is 11.2 Å². The van der Waals surface area contributed by atoms with Crippen LogP contribution in [0, 0.1) is 22.7 Å². The van der Waals surface area contributed by atoms with Crippen molar-refractivity contribution < 1.29 is 9.59 Å². The van der Waals surface area contributed by atoms with E-state index in [9.17, 15) is 9.59 Å². The van der Waals surface area contributed by atoms with Gasteiger partial charge < -0.3 is 20.3 Å². The van der Waals surface area contributed by atoms with Crippen molar-refractivity contribution in [3.63, 3.8) is 0 Å². The Labute approximate surface area is 223 Å². The van der Waals surface area contributed by atoms with E-state index in [-0.39, 0.29) is 11.8 Å². The quantitative estimate of drug-likeness (QED) is 0.152. The molecule has 2 unspecified atom stereocenters. The second kappa shape index (κ2) is 12.3. The van der Waals surface area contributed by atoms with Gasteiger partial charge in [0.1, 0.15) is 0 Å². The van der Waals surface area contributed by atoms with E-state index in [2.05, 4.69) is 45.0 Å². The molecule has 2 fully saturated rings. The monoisotopic (exact) mass is 616 g/mol. The molecule has 2 aliphatic rings. The van der Waals surface area contributed by atoms with Crippen LogP contribution in [0.4, 0.5) is 0 Å². The van der Waals surface area contributed by atoms with E-state index in [1.165, 1.54) is 24.6 Å². The molecule has 1 heterocycles. The van der Waals surface area contributed by atoms with Crippen LogP contribution in [0.3, 0.4) is 0 Å². The Kier molecular flexibility index (Phi) is 9.96. The molecule has 0 aromatic heterocycles. The molecule has 2 N–H and O–H groups in total. The van der Waals surface area contributed by atoms with Gasteiger partial charge in [-0.05, 0) is 95.2 Å². The number of rotatable bonds is 11. The molecule has 0 radical (unpaired) electrons. The lowest BCUT2D eigenvalue weighted by Gasteiger charge is -2.60. The summed E-state index contributed by atoms with van der Waals surface area (Å²) in [5.74, 6) is 0.936. The highest BCUT2D eigenvalue weighted by molar-refractivity contribution is 14.2. The van der Waals surface area contributed by atoms with Gasteiger partial charge in [-0.1, -0.05) is 24.6 Å². The molecule has 1 aromatic carbocycles. The van der Waals surface area contributed by atoms with Crippen LogP contribution >= 0.6 is 40.0 Å². The number of carbonyl (C=O) groups is 2. The lowest BCUT2D eigenvalue weighted by atomic mass is 9.56. The van der Waals surface area contributed by atoms with Crippen LogP contribution < -0.4 is 5.09 Å². The Bertz CT molecular complexity index is 943. The number of hydrogen-bond acceptors (Lipinski definition) is 4. The molecule has 1 saturated heterocycles. The van der Waals surface area contributed by atoms with Crippen molar-refractivity contribution in [1.82, 2.24) is 14.9 Å². The number of amides is 2. The third kappa shape index (κ3) is 7.02. The minimum Gasteiger partial charge on any atom is -0.342 e. The van der Waals surface area contributed by atoms with Crippen molar-refractivity contribution >= 4 is 58.0 Å². The highest BCUT2D eigenvalue weighted by Gasteiger charge is 2.51. The zero-order valence-electron chi connectivity index (χ0n) is 20.2. The first-order chi connectivity index (χ1) is 16.2. The van der Waals surface area contributed by atoms with Crippen LogP contribution in [0.15, 0.2) is 29.8 Å². The number of halogens is 2. The minimum atomic E-state index is -0.114. The molecule has 34 heavy (non-hydrogen) atoms. The fourth-order valence-electron chi connectivity index (χ4n) is 5.46. The molecule has 1 saturated carbocycles. The van der Waals surface area contributed by atoms with Crippen LogP contribution in [0.5, 0.6) is 0 Å². The Morgan fingerprint density at radius 2 is 2.12 bits per heavy atom. The lowest BCUT2D eigenvalue weighted by molar-refractivity contribution is -0.114. The number of nitrogens with one attached hydrogen (secondary N) is 2. The molecular weight excluding hydrogens is 582 g/mol. The number of carbonyl (C=O) groups excluding carboxylic acids is 2. The van der Waals surface area contributed by atoms with Gasteiger partial charge in [0.15, 0.2) is 0 Å². The molecular formula is C25H35ClIN4O2P. The van der Waals surface area contributed by atoms with Crippen LogP contribution in [0.1, 0.15) is 49.0 Å². The summed E-state index contributed by atoms with van der Waals surface area (Å²) in [5, 5.41) is 10.9. The largest absolute Gasteiger partial charge is 0.342 e. The maximum atomic E-state index is 12.6. The molecule has 1 spiro atoms. The third-order valence-corrected chi connectivity index (χ3v) is 8.47. The average molecular weight is 617 g/mol. The Morgan fingerprint density at radius 1 is 1.41 bits per heavy atom. The highest BCUT2D eigenvalue weighted by atomic mass is 127. The van der Waals surface area contributed by atoms with E-state index >= 15 is 0 Å². The highest BCUT2D eigenvalue weighted by Crippen LogP contribution is 2.53. The first-order valence-corrected chi connectivity index (χ1v) is 16.3. The van der Waals surface area contributed by atoms with Crippen molar-refractivity contribution in [3.8, 4) is 0 Å². The molecule has 1 aliphatic carbocycles. The molecule has 2 amide bonds. The van der Waals surface area contributed by atoms with Gasteiger partial charge in [-0.15, -0.1) is 0 Å². The summed E-state index contributed by atoms with van der Waals surface area (Å²) in [6, 6.07) is 5.89. The molecule has 0 bridgehead atoms. The topological polar surface area (TPSA) is 76.5 Å². The second-order valence-electron chi connectivity index (χ2n) is 10.0. The number of hydrogen-bond donors (Lipinski definition) is 2. The van der Waals surface area contributed by atoms with Crippen molar-refractivity contribution in [2.24, 2.45) is 17.3 Å². The third-order valence-electron chi connectivity index (χ3n) is 6.99. The molecule has 6 nitrogen and oxygen atoms in total. The van der Waals surface area contributed by atoms with E-state index in [1.54, 1.807) is 18.0 Å². The van der Waals surface area contributed by atoms with Gasteiger partial charge in [0.2, 0.25) is 5.91 Å². The summed E-state index contributed by atoms with van der Waals surface area (Å²) >= 11 is 8.43. The second-order valence-corrected chi connectivity index (χ2v) is 12.5. The van der Waals surface area contributed by atoms with E-state index in [4.69, 9.17) is 17.0 Å². The summed E-state index contributed by atoms with van der Waals surface area (Å²) in [6.07, 6.45) is 7.42. The van der Waals surface area contributed by atoms with E-state index in [0.717, 1.165) is 38.0 Å². The summed E-state index contributed by atoms with van der Waals surface area (Å²) in [5.41, 5.74) is 3.04. The van der Waals surface area contributed by atoms with E-state index in [0.29, 0.717) is 40.8 Å². The van der Waals surface area contributed by atoms with E-state index < -0.39 is 0 Å². The van der Waals surface area contributed by atoms with Crippen molar-refractivity contribution in [2.75, 3.05) is 33.2 Å². The fourth-order valence-corrected chi connectivity index (χ4v) is 6.62. The smallest absolute Gasteiger partial charge is 0.255 e. The Hall–Kier alpha value is -1.02. The van der Waals surface area contributed by atoms with Gasteiger partial charge in [-0.3, -0.25) is 9.59 Å². The number of likely N-dealkylation sites (tertiary alicyclic amines) is 1. The zero-order valence-corrected chi connectivity index (χ0v) is 24.1. The van der Waals surface area contributed by atoms with Gasteiger partial charge in [-0.2, -0.15) is 0 Å². The van der Waals surface area contributed by atoms with Gasteiger partial charge in [0, 0.05) is 51.9 Å². The summed E-state index contributed by atoms with van der Waals surface area (Å²) in [4.78, 5) is 28.5. The van der Waals surface area contributed by atoms with Crippen LogP contribution in [0.25, 0.3) is 0 Å². The molecule has 2 atom stereocenters. The van der Waals surface area contributed by atoms with Crippen LogP contribution in [-0.4, -0.2) is 61.1 Å². The number of allylic oxidation sites excluding steroid dienone is 1. The molecule has 9 heteroatoms. The van der Waals surface area contributed by atoms with Crippen LogP contribution in [0.2, 0.25) is 5.02 Å². The molecule has 1 aromatic rings. The van der Waals surface area contributed by atoms with E-state index in [1.807, 2.05) is 19.1 Å². The van der Waals surface area contributed by atoms with Crippen molar-refractivity contribution in [1.29, 1.82) is 5.41 Å². The predicted octanol–water partition coefficient (Wildman–Crippen LogP) is 5.35. The average Bonchev–Trinajstić information content (AvgIpc) is 2.75. The first kappa shape index (κ1) is 27.6. The molecule has 3 rings (SSSR count). The summed E-state index contributed by atoms with van der Waals surface area (Å²) in [7, 11) is 1.80. The first-order valence-electron chi connectivity index (χ1n) is 11.8. The van der Waals surface area contributed by atoms with Gasteiger partial charge in [-0.25, -0.2) is 0 Å². The predicted molar refractivity (Wildman–Crippen MR) is 151 cm³/mol. The Balaban J connectivity index is 1.44.